The predicted octanol–water partition coefficient (Wildman–Crippen LogP) is 2.75. The van der Waals surface area contributed by atoms with Gasteiger partial charge in [0, 0.05) is 25.6 Å². The number of fused-ring (bicyclic) bond motifs is 1. The summed E-state index contributed by atoms with van der Waals surface area (Å²) >= 11 is 0. The van der Waals surface area contributed by atoms with Gasteiger partial charge in [0.2, 0.25) is 0 Å². The number of ether oxygens (including phenoxy) is 2. The van der Waals surface area contributed by atoms with Crippen LogP contribution in [-0.4, -0.2) is 47.8 Å². The zero-order chi connectivity index (χ0) is 14.6. The summed E-state index contributed by atoms with van der Waals surface area (Å²) in [6, 6.07) is 0. The number of hydrogen-bond donors (Lipinski definition) is 1. The Kier molecular flexibility index (Phi) is 5.84. The molecule has 4 heteroatoms. The van der Waals surface area contributed by atoms with Gasteiger partial charge in [-0.3, -0.25) is 4.90 Å². The highest BCUT2D eigenvalue weighted by atomic mass is 16.8. The summed E-state index contributed by atoms with van der Waals surface area (Å²) in [5.74, 6) is -0.315. The lowest BCUT2D eigenvalue weighted by Crippen LogP contribution is -2.35. The average molecular weight is 285 g/mol. The molecule has 2 aliphatic heterocycles. The molecule has 0 spiro atoms. The van der Waals surface area contributed by atoms with Crippen LogP contribution in [0.3, 0.4) is 0 Å². The summed E-state index contributed by atoms with van der Waals surface area (Å²) in [5, 5.41) is 9.51. The van der Waals surface area contributed by atoms with Crippen LogP contribution in [0.1, 0.15) is 59.3 Å². The third-order valence-corrected chi connectivity index (χ3v) is 4.43. The molecule has 0 aromatic heterocycles. The van der Waals surface area contributed by atoms with E-state index in [0.29, 0.717) is 0 Å². The van der Waals surface area contributed by atoms with Crippen LogP contribution < -0.4 is 0 Å². The molecule has 0 aliphatic carbocycles. The zero-order valence-electron chi connectivity index (χ0n) is 13.3. The van der Waals surface area contributed by atoms with Crippen LogP contribution in [0.15, 0.2) is 0 Å². The van der Waals surface area contributed by atoms with Crippen molar-refractivity contribution in [2.75, 3.05) is 19.7 Å². The Labute approximate surface area is 123 Å². The fourth-order valence-electron chi connectivity index (χ4n) is 3.37. The summed E-state index contributed by atoms with van der Waals surface area (Å²) in [5.41, 5.74) is 0. The monoisotopic (exact) mass is 285 g/mol. The Morgan fingerprint density at radius 2 is 1.80 bits per heavy atom. The van der Waals surface area contributed by atoms with Gasteiger partial charge in [0.25, 0.3) is 0 Å². The van der Waals surface area contributed by atoms with Gasteiger partial charge in [0.05, 0.1) is 0 Å². The molecule has 0 bridgehead atoms. The summed E-state index contributed by atoms with van der Waals surface area (Å²) in [7, 11) is 0. The molecule has 3 atom stereocenters. The Hall–Kier alpha value is -0.160. The highest BCUT2D eigenvalue weighted by molar-refractivity contribution is 4.94. The van der Waals surface area contributed by atoms with E-state index >= 15 is 0 Å². The maximum atomic E-state index is 9.51. The van der Waals surface area contributed by atoms with Crippen LogP contribution >= 0.6 is 0 Å². The maximum Gasteiger partial charge on any atom is 0.165 e. The number of aliphatic hydroxyl groups excluding tert-OH is 1. The highest BCUT2D eigenvalue weighted by Crippen LogP contribution is 2.39. The van der Waals surface area contributed by atoms with Gasteiger partial charge in [-0.25, -0.2) is 0 Å². The minimum Gasteiger partial charge on any atom is -0.396 e. The van der Waals surface area contributed by atoms with Crippen molar-refractivity contribution in [2.24, 2.45) is 5.92 Å². The van der Waals surface area contributed by atoms with Crippen LogP contribution in [0.5, 0.6) is 0 Å². The van der Waals surface area contributed by atoms with Crippen LogP contribution in [0.25, 0.3) is 0 Å². The zero-order valence-corrected chi connectivity index (χ0v) is 13.3. The lowest BCUT2D eigenvalue weighted by molar-refractivity contribution is -0.173. The Morgan fingerprint density at radius 1 is 1.10 bits per heavy atom. The normalized spacial score (nSPS) is 32.7. The minimum atomic E-state index is -0.511. The highest BCUT2D eigenvalue weighted by Gasteiger charge is 2.52. The van der Waals surface area contributed by atoms with E-state index < -0.39 is 5.79 Å². The van der Waals surface area contributed by atoms with Crippen molar-refractivity contribution < 1.29 is 14.6 Å². The number of unbranched alkanes of at least 4 members (excludes halogenated alkanes) is 5. The van der Waals surface area contributed by atoms with Crippen LogP contribution in [0.2, 0.25) is 0 Å². The first-order valence-corrected chi connectivity index (χ1v) is 8.28. The fraction of sp³-hybridized carbons (Fsp3) is 1.00. The Morgan fingerprint density at radius 3 is 2.50 bits per heavy atom. The summed E-state index contributed by atoms with van der Waals surface area (Å²) < 4.78 is 11.9. The summed E-state index contributed by atoms with van der Waals surface area (Å²) in [4.78, 5) is 2.36. The van der Waals surface area contributed by atoms with E-state index in [9.17, 15) is 5.11 Å². The van der Waals surface area contributed by atoms with E-state index in [0.717, 1.165) is 13.1 Å². The van der Waals surface area contributed by atoms with Crippen molar-refractivity contribution in [3.8, 4) is 0 Å². The van der Waals surface area contributed by atoms with Gasteiger partial charge in [-0.2, -0.15) is 0 Å². The van der Waals surface area contributed by atoms with Crippen molar-refractivity contribution in [3.05, 3.63) is 0 Å². The van der Waals surface area contributed by atoms with Crippen molar-refractivity contribution in [1.82, 2.24) is 4.90 Å². The van der Waals surface area contributed by atoms with E-state index in [1.165, 1.54) is 38.5 Å². The Balaban J connectivity index is 1.74. The van der Waals surface area contributed by atoms with Gasteiger partial charge in [-0.05, 0) is 20.3 Å². The molecule has 4 nitrogen and oxygen atoms in total. The van der Waals surface area contributed by atoms with Gasteiger partial charge in [0.1, 0.15) is 12.3 Å². The number of likely N-dealkylation sites (tertiary alicyclic amines) is 1. The third-order valence-electron chi connectivity index (χ3n) is 4.43. The molecular weight excluding hydrogens is 254 g/mol. The predicted molar refractivity (Wildman–Crippen MR) is 79.3 cm³/mol. The van der Waals surface area contributed by atoms with Crippen molar-refractivity contribution in [2.45, 2.75) is 77.4 Å². The van der Waals surface area contributed by atoms with E-state index in [-0.39, 0.29) is 24.9 Å². The second kappa shape index (κ2) is 7.21. The molecule has 0 amide bonds. The molecule has 2 heterocycles. The molecule has 2 aliphatic rings. The molecule has 2 rings (SSSR count). The number of rotatable bonds is 8. The van der Waals surface area contributed by atoms with E-state index in [4.69, 9.17) is 9.47 Å². The summed E-state index contributed by atoms with van der Waals surface area (Å²) in [6.07, 6.45) is 7.93. The molecule has 0 aromatic carbocycles. The molecule has 118 valence electrons. The SMILES string of the molecule is CCCCCCCCN1C[C@H](CO)[C@H]2OC(C)(C)O[C@@H]21. The number of hydrogen-bond acceptors (Lipinski definition) is 4. The lowest BCUT2D eigenvalue weighted by atomic mass is 10.1. The standard InChI is InChI=1S/C16H31NO3/c1-4-5-6-7-8-9-10-17-11-13(12-18)14-15(17)20-16(2,3)19-14/h13-15,18H,4-12H2,1-3H3/t13-,14-,15+/m1/s1. The molecule has 0 aromatic rings. The van der Waals surface area contributed by atoms with Gasteiger partial charge in [-0.15, -0.1) is 0 Å². The molecule has 0 unspecified atom stereocenters. The van der Waals surface area contributed by atoms with Crippen molar-refractivity contribution >= 4 is 0 Å². The van der Waals surface area contributed by atoms with E-state index in [2.05, 4.69) is 11.8 Å². The first-order chi connectivity index (χ1) is 9.57. The Bertz CT molecular complexity index is 295. The van der Waals surface area contributed by atoms with Gasteiger partial charge >= 0.3 is 0 Å². The maximum absolute atomic E-state index is 9.51. The van der Waals surface area contributed by atoms with Crippen LogP contribution in [0.4, 0.5) is 0 Å². The first kappa shape index (κ1) is 16.2. The van der Waals surface area contributed by atoms with Crippen molar-refractivity contribution in [3.63, 3.8) is 0 Å². The van der Waals surface area contributed by atoms with Crippen LogP contribution in [-0.2, 0) is 9.47 Å². The second-order valence-electron chi connectivity index (χ2n) is 6.70. The quantitative estimate of drug-likeness (QED) is 0.696. The first-order valence-electron chi connectivity index (χ1n) is 8.28. The second-order valence-corrected chi connectivity index (χ2v) is 6.70. The fourth-order valence-corrected chi connectivity index (χ4v) is 3.37. The molecule has 20 heavy (non-hydrogen) atoms. The van der Waals surface area contributed by atoms with Crippen molar-refractivity contribution in [1.29, 1.82) is 0 Å². The molecule has 2 fully saturated rings. The molecule has 0 radical (unpaired) electrons. The molecule has 0 saturated carbocycles. The number of nitrogens with zero attached hydrogens (tertiary/aromatic N) is 1. The number of aliphatic hydroxyl groups is 1. The average Bonchev–Trinajstić information content (AvgIpc) is 2.87. The molecule has 1 N–H and O–H groups in total. The molecular formula is C16H31NO3. The van der Waals surface area contributed by atoms with Crippen LogP contribution in [0, 0.1) is 5.92 Å². The topological polar surface area (TPSA) is 41.9 Å². The lowest BCUT2D eigenvalue weighted by Gasteiger charge is -2.25. The molecule has 2 saturated heterocycles. The largest absolute Gasteiger partial charge is 0.396 e. The summed E-state index contributed by atoms with van der Waals surface area (Å²) in [6.45, 7) is 8.32. The third kappa shape index (κ3) is 3.94. The smallest absolute Gasteiger partial charge is 0.165 e. The van der Waals surface area contributed by atoms with Gasteiger partial charge < -0.3 is 14.6 Å². The van der Waals surface area contributed by atoms with Gasteiger partial charge in [-0.1, -0.05) is 39.0 Å². The minimum absolute atomic E-state index is 0.0371. The van der Waals surface area contributed by atoms with E-state index in [1.807, 2.05) is 13.8 Å². The van der Waals surface area contributed by atoms with Gasteiger partial charge in [0.15, 0.2) is 5.79 Å². The van der Waals surface area contributed by atoms with E-state index in [1.54, 1.807) is 0 Å².